The third-order valence-electron chi connectivity index (χ3n) is 5.61. The summed E-state index contributed by atoms with van der Waals surface area (Å²) < 4.78 is 5.66. The van der Waals surface area contributed by atoms with Gasteiger partial charge in [0.25, 0.3) is 5.91 Å². The zero-order chi connectivity index (χ0) is 22.4. The average Bonchev–Trinajstić information content (AvgIpc) is 3.23. The number of benzene rings is 2. The maximum Gasteiger partial charge on any atom is 0.273 e. The van der Waals surface area contributed by atoms with Crippen LogP contribution in [0.4, 0.5) is 0 Å². The van der Waals surface area contributed by atoms with Gasteiger partial charge in [0.05, 0.1) is 12.6 Å². The molecule has 1 aromatic heterocycles. The zero-order valence-corrected chi connectivity index (χ0v) is 19.3. The minimum Gasteiger partial charge on any atom is -0.447 e. The van der Waals surface area contributed by atoms with Crippen LogP contribution in [0, 0.1) is 5.92 Å². The van der Waals surface area contributed by atoms with E-state index in [-0.39, 0.29) is 11.9 Å². The van der Waals surface area contributed by atoms with E-state index in [1.807, 2.05) is 61.5 Å². The van der Waals surface area contributed by atoms with Crippen molar-refractivity contribution in [3.63, 3.8) is 0 Å². The molecule has 1 N–H and O–H groups in total. The number of aromatic nitrogens is 1. The summed E-state index contributed by atoms with van der Waals surface area (Å²) in [7, 11) is 0. The number of hydrogen-bond donors (Lipinski definition) is 1. The molecule has 5 nitrogen and oxygen atoms in total. The summed E-state index contributed by atoms with van der Waals surface area (Å²) in [5.41, 5.74) is 2.50. The SMILES string of the molecule is CC(C)[C@@H](C)N(Cc1ccc(Cl)cc1)Cc1nc(C(=O)N[C@@H](C)c2ccccc2)co1. The Morgan fingerprint density at radius 2 is 1.71 bits per heavy atom. The fourth-order valence-electron chi connectivity index (χ4n) is 3.35. The lowest BCUT2D eigenvalue weighted by Gasteiger charge is -2.30. The van der Waals surface area contributed by atoms with Crippen LogP contribution < -0.4 is 5.32 Å². The molecule has 1 amide bonds. The molecule has 0 aliphatic rings. The lowest BCUT2D eigenvalue weighted by molar-refractivity contribution is 0.0934. The minimum atomic E-state index is -0.243. The summed E-state index contributed by atoms with van der Waals surface area (Å²) in [4.78, 5) is 19.4. The molecule has 31 heavy (non-hydrogen) atoms. The Bertz CT molecular complexity index is 970. The molecule has 0 aliphatic heterocycles. The number of hydrogen-bond acceptors (Lipinski definition) is 4. The van der Waals surface area contributed by atoms with Crippen LogP contribution in [-0.4, -0.2) is 21.8 Å². The third-order valence-corrected chi connectivity index (χ3v) is 5.86. The molecule has 0 spiro atoms. The molecule has 0 saturated heterocycles. The van der Waals surface area contributed by atoms with Crippen LogP contribution in [0.25, 0.3) is 0 Å². The highest BCUT2D eigenvalue weighted by atomic mass is 35.5. The Balaban J connectivity index is 1.68. The summed E-state index contributed by atoms with van der Waals surface area (Å²) in [6.45, 7) is 9.79. The van der Waals surface area contributed by atoms with Gasteiger partial charge in [-0.25, -0.2) is 4.98 Å². The number of oxazole rings is 1. The number of carbonyl (C=O) groups is 1. The van der Waals surface area contributed by atoms with Crippen molar-refractivity contribution in [1.82, 2.24) is 15.2 Å². The van der Waals surface area contributed by atoms with Gasteiger partial charge in [0.2, 0.25) is 5.89 Å². The van der Waals surface area contributed by atoms with Crippen molar-refractivity contribution in [3.8, 4) is 0 Å². The second kappa shape index (κ2) is 10.6. The van der Waals surface area contributed by atoms with Gasteiger partial charge < -0.3 is 9.73 Å². The van der Waals surface area contributed by atoms with Crippen LogP contribution >= 0.6 is 11.6 Å². The highest BCUT2D eigenvalue weighted by Crippen LogP contribution is 2.20. The summed E-state index contributed by atoms with van der Waals surface area (Å²) in [6.07, 6.45) is 1.43. The van der Waals surface area contributed by atoms with Gasteiger partial charge in [-0.15, -0.1) is 0 Å². The first-order valence-electron chi connectivity index (χ1n) is 10.6. The number of nitrogens with one attached hydrogen (secondary N) is 1. The Morgan fingerprint density at radius 3 is 2.35 bits per heavy atom. The Morgan fingerprint density at radius 1 is 1.03 bits per heavy atom. The predicted molar refractivity (Wildman–Crippen MR) is 124 cm³/mol. The minimum absolute atomic E-state index is 0.115. The van der Waals surface area contributed by atoms with E-state index in [4.69, 9.17) is 16.0 Å². The molecular weight excluding hydrogens is 410 g/mol. The number of nitrogens with zero attached hydrogens (tertiary/aromatic N) is 2. The van der Waals surface area contributed by atoms with Gasteiger partial charge in [-0.3, -0.25) is 9.69 Å². The molecule has 1 heterocycles. The van der Waals surface area contributed by atoms with Crippen molar-refractivity contribution in [2.75, 3.05) is 0 Å². The molecule has 0 unspecified atom stereocenters. The molecular formula is C25H30ClN3O2. The van der Waals surface area contributed by atoms with E-state index in [2.05, 4.69) is 36.0 Å². The van der Waals surface area contributed by atoms with Gasteiger partial charge >= 0.3 is 0 Å². The highest BCUT2D eigenvalue weighted by molar-refractivity contribution is 6.30. The third kappa shape index (κ3) is 6.42. The summed E-state index contributed by atoms with van der Waals surface area (Å²) in [5.74, 6) is 0.739. The topological polar surface area (TPSA) is 58.4 Å². The van der Waals surface area contributed by atoms with Crippen LogP contribution in [-0.2, 0) is 13.1 Å². The van der Waals surface area contributed by atoms with E-state index in [1.54, 1.807) is 0 Å². The molecule has 164 valence electrons. The fourth-order valence-corrected chi connectivity index (χ4v) is 3.47. The second-order valence-corrected chi connectivity index (χ2v) is 8.68. The second-order valence-electron chi connectivity index (χ2n) is 8.25. The van der Waals surface area contributed by atoms with E-state index in [1.165, 1.54) is 6.26 Å². The Hall–Kier alpha value is -2.63. The standard InChI is InChI=1S/C25H30ClN3O2/c1-17(2)19(4)29(14-20-10-12-22(26)13-11-20)15-24-28-23(16-31-24)25(30)27-18(3)21-8-6-5-7-9-21/h5-13,16-19H,14-15H2,1-4H3,(H,27,30)/t18-,19+/m0/s1. The number of amides is 1. The number of carbonyl (C=O) groups excluding carboxylic acids is 1. The van der Waals surface area contributed by atoms with Crippen molar-refractivity contribution in [2.24, 2.45) is 5.92 Å². The molecule has 0 saturated carbocycles. The van der Waals surface area contributed by atoms with Crippen LogP contribution in [0.15, 0.2) is 65.3 Å². The predicted octanol–water partition coefficient (Wildman–Crippen LogP) is 5.87. The van der Waals surface area contributed by atoms with E-state index < -0.39 is 0 Å². The number of rotatable bonds is 9. The summed E-state index contributed by atoms with van der Waals surface area (Å²) >= 11 is 6.02. The lowest BCUT2D eigenvalue weighted by Crippen LogP contribution is -2.36. The maximum atomic E-state index is 12.6. The maximum absolute atomic E-state index is 12.6. The lowest BCUT2D eigenvalue weighted by atomic mass is 10.0. The monoisotopic (exact) mass is 439 g/mol. The van der Waals surface area contributed by atoms with Gasteiger partial charge in [-0.05, 0) is 43.0 Å². The average molecular weight is 440 g/mol. The molecule has 3 rings (SSSR count). The summed E-state index contributed by atoms with van der Waals surface area (Å²) in [6, 6.07) is 17.9. The molecule has 0 bridgehead atoms. The molecule has 2 aromatic carbocycles. The smallest absolute Gasteiger partial charge is 0.273 e. The van der Waals surface area contributed by atoms with Gasteiger partial charge in [0.15, 0.2) is 5.69 Å². The molecule has 0 fully saturated rings. The van der Waals surface area contributed by atoms with Crippen LogP contribution in [0.5, 0.6) is 0 Å². The van der Waals surface area contributed by atoms with E-state index in [0.29, 0.717) is 30.1 Å². The molecule has 0 aliphatic carbocycles. The quantitative estimate of drug-likeness (QED) is 0.453. The normalized spacial score (nSPS) is 13.4. The van der Waals surface area contributed by atoms with Gasteiger partial charge in [-0.1, -0.05) is 67.9 Å². The zero-order valence-electron chi connectivity index (χ0n) is 18.5. The highest BCUT2D eigenvalue weighted by Gasteiger charge is 2.22. The van der Waals surface area contributed by atoms with Crippen molar-refractivity contribution < 1.29 is 9.21 Å². The van der Waals surface area contributed by atoms with Crippen LogP contribution in [0.1, 0.15) is 61.2 Å². The van der Waals surface area contributed by atoms with Gasteiger partial charge in [-0.2, -0.15) is 0 Å². The summed E-state index contributed by atoms with van der Waals surface area (Å²) in [5, 5.41) is 3.70. The molecule has 6 heteroatoms. The first-order valence-corrected chi connectivity index (χ1v) is 11.0. The Labute approximate surface area is 189 Å². The van der Waals surface area contributed by atoms with Gasteiger partial charge in [0.1, 0.15) is 6.26 Å². The molecule has 3 aromatic rings. The van der Waals surface area contributed by atoms with Gasteiger partial charge in [0, 0.05) is 17.6 Å². The van der Waals surface area contributed by atoms with Crippen molar-refractivity contribution in [3.05, 3.63) is 88.6 Å². The van der Waals surface area contributed by atoms with Crippen molar-refractivity contribution >= 4 is 17.5 Å². The number of halogens is 1. The van der Waals surface area contributed by atoms with E-state index in [9.17, 15) is 4.79 Å². The van der Waals surface area contributed by atoms with Crippen LogP contribution in [0.2, 0.25) is 5.02 Å². The van der Waals surface area contributed by atoms with Crippen LogP contribution in [0.3, 0.4) is 0 Å². The fraction of sp³-hybridized carbons (Fsp3) is 0.360. The largest absolute Gasteiger partial charge is 0.447 e. The first-order chi connectivity index (χ1) is 14.8. The Kier molecular flexibility index (Phi) is 7.88. The van der Waals surface area contributed by atoms with Crippen molar-refractivity contribution in [2.45, 2.75) is 52.9 Å². The molecule has 2 atom stereocenters. The van der Waals surface area contributed by atoms with E-state index >= 15 is 0 Å². The van der Waals surface area contributed by atoms with E-state index in [0.717, 1.165) is 22.7 Å². The van der Waals surface area contributed by atoms with Crippen molar-refractivity contribution in [1.29, 1.82) is 0 Å². The first kappa shape index (κ1) is 23.0. The molecule has 0 radical (unpaired) electrons.